The number of carbonyl (C=O) groups is 1. The van der Waals surface area contributed by atoms with Crippen molar-refractivity contribution in [3.05, 3.63) is 34.3 Å². The molecular weight excluding hydrogens is 283 g/mol. The highest BCUT2D eigenvalue weighted by Gasteiger charge is 2.31. The summed E-state index contributed by atoms with van der Waals surface area (Å²) >= 11 is 5.63. The van der Waals surface area contributed by atoms with Gasteiger partial charge in [0.15, 0.2) is 0 Å². The molecule has 0 aliphatic carbocycles. The largest absolute Gasteiger partial charge is 0.466 e. The molecule has 3 nitrogen and oxygen atoms in total. The molecule has 7 heteroatoms. The van der Waals surface area contributed by atoms with Crippen molar-refractivity contribution in [1.29, 1.82) is 0 Å². The topological polar surface area (TPSA) is 52.3 Å². The van der Waals surface area contributed by atoms with Gasteiger partial charge >= 0.3 is 12.1 Å². The average Bonchev–Trinajstić information content (AvgIpc) is 2.27. The van der Waals surface area contributed by atoms with Gasteiger partial charge in [-0.15, -0.1) is 0 Å². The van der Waals surface area contributed by atoms with Crippen molar-refractivity contribution < 1.29 is 22.7 Å². The molecular formula is C12H13ClF3NO2. The molecule has 1 aromatic rings. The minimum Gasteiger partial charge on any atom is -0.466 e. The Morgan fingerprint density at radius 3 is 2.58 bits per heavy atom. The van der Waals surface area contributed by atoms with Gasteiger partial charge in [-0.1, -0.05) is 11.6 Å². The van der Waals surface area contributed by atoms with Crippen molar-refractivity contribution >= 4 is 17.6 Å². The molecule has 0 fully saturated rings. The normalized spacial score (nSPS) is 13.2. The third-order valence-corrected chi connectivity index (χ3v) is 2.59. The zero-order chi connectivity index (χ0) is 14.6. The zero-order valence-corrected chi connectivity index (χ0v) is 10.9. The van der Waals surface area contributed by atoms with Gasteiger partial charge in [-0.3, -0.25) is 4.79 Å². The van der Waals surface area contributed by atoms with E-state index < -0.39 is 23.8 Å². The highest BCUT2D eigenvalue weighted by molar-refractivity contribution is 6.30. The van der Waals surface area contributed by atoms with Crippen molar-refractivity contribution in [2.75, 3.05) is 6.61 Å². The Kier molecular flexibility index (Phi) is 5.20. The van der Waals surface area contributed by atoms with Crippen LogP contribution in [0.4, 0.5) is 13.2 Å². The summed E-state index contributed by atoms with van der Waals surface area (Å²) in [7, 11) is 0. The van der Waals surface area contributed by atoms with Crippen LogP contribution in [0.2, 0.25) is 5.02 Å². The van der Waals surface area contributed by atoms with E-state index in [-0.39, 0.29) is 23.6 Å². The summed E-state index contributed by atoms with van der Waals surface area (Å²) in [6.45, 7) is 1.82. The van der Waals surface area contributed by atoms with Crippen LogP contribution in [0, 0.1) is 0 Å². The van der Waals surface area contributed by atoms with Crippen molar-refractivity contribution in [2.24, 2.45) is 5.73 Å². The minimum absolute atomic E-state index is 0.0795. The molecule has 0 amide bonds. The first-order valence-corrected chi connectivity index (χ1v) is 5.90. The Morgan fingerprint density at radius 2 is 2.05 bits per heavy atom. The summed E-state index contributed by atoms with van der Waals surface area (Å²) in [4.78, 5) is 11.2. The summed E-state index contributed by atoms with van der Waals surface area (Å²) in [6, 6.07) is 2.11. The average molecular weight is 296 g/mol. The number of alkyl halides is 3. The van der Waals surface area contributed by atoms with E-state index in [4.69, 9.17) is 17.3 Å². The van der Waals surface area contributed by atoms with Gasteiger partial charge in [-0.05, 0) is 30.7 Å². The molecule has 0 aliphatic heterocycles. The smallest absolute Gasteiger partial charge is 0.416 e. The van der Waals surface area contributed by atoms with E-state index in [2.05, 4.69) is 4.74 Å². The van der Waals surface area contributed by atoms with Crippen LogP contribution in [0.3, 0.4) is 0 Å². The lowest BCUT2D eigenvalue weighted by atomic mass is 10.0. The maximum atomic E-state index is 12.6. The first kappa shape index (κ1) is 15.8. The summed E-state index contributed by atoms with van der Waals surface area (Å²) < 4.78 is 42.5. The second-order valence-corrected chi connectivity index (χ2v) is 4.32. The number of ether oxygens (including phenoxy) is 1. The second-order valence-electron chi connectivity index (χ2n) is 3.89. The number of hydrogen-bond donors (Lipinski definition) is 1. The molecule has 1 aromatic carbocycles. The molecule has 106 valence electrons. The maximum absolute atomic E-state index is 12.6. The number of hydrogen-bond acceptors (Lipinski definition) is 3. The highest BCUT2D eigenvalue weighted by Crippen LogP contribution is 2.33. The van der Waals surface area contributed by atoms with E-state index in [0.29, 0.717) is 0 Å². The van der Waals surface area contributed by atoms with Crippen molar-refractivity contribution in [1.82, 2.24) is 0 Å². The fraction of sp³-hybridized carbons (Fsp3) is 0.417. The van der Waals surface area contributed by atoms with Crippen LogP contribution in [0.1, 0.15) is 30.5 Å². The number of halogens is 4. The lowest BCUT2D eigenvalue weighted by molar-refractivity contribution is -0.143. The molecule has 0 aliphatic rings. The fourth-order valence-corrected chi connectivity index (χ4v) is 1.75. The van der Waals surface area contributed by atoms with Crippen molar-refractivity contribution in [3.63, 3.8) is 0 Å². The third-order valence-electron chi connectivity index (χ3n) is 2.37. The van der Waals surface area contributed by atoms with Gasteiger partial charge in [0.2, 0.25) is 0 Å². The van der Waals surface area contributed by atoms with Crippen LogP contribution in [-0.2, 0) is 15.7 Å². The fourth-order valence-electron chi connectivity index (χ4n) is 1.51. The molecule has 0 radical (unpaired) electrons. The van der Waals surface area contributed by atoms with Gasteiger partial charge in [0.25, 0.3) is 0 Å². The van der Waals surface area contributed by atoms with Crippen molar-refractivity contribution in [3.8, 4) is 0 Å². The Labute approximate surface area is 113 Å². The number of nitrogens with two attached hydrogens (primary N) is 1. The Bertz CT molecular complexity index is 463. The van der Waals surface area contributed by atoms with E-state index in [1.807, 2.05) is 0 Å². The van der Waals surface area contributed by atoms with Crippen molar-refractivity contribution in [2.45, 2.75) is 25.6 Å². The van der Waals surface area contributed by atoms with Crippen LogP contribution in [-0.4, -0.2) is 12.6 Å². The third kappa shape index (κ3) is 4.72. The van der Waals surface area contributed by atoms with Crippen LogP contribution in [0.5, 0.6) is 0 Å². The lowest BCUT2D eigenvalue weighted by Crippen LogP contribution is -2.18. The Balaban J connectivity index is 2.94. The van der Waals surface area contributed by atoms with Gasteiger partial charge in [-0.25, -0.2) is 0 Å². The molecule has 1 rings (SSSR count). The first-order chi connectivity index (χ1) is 8.74. The molecule has 1 atom stereocenters. The molecule has 0 aromatic heterocycles. The molecule has 19 heavy (non-hydrogen) atoms. The molecule has 0 bridgehead atoms. The molecule has 1 unspecified atom stereocenters. The summed E-state index contributed by atoms with van der Waals surface area (Å²) in [5, 5.41) is -0.0795. The quantitative estimate of drug-likeness (QED) is 0.867. The zero-order valence-electron chi connectivity index (χ0n) is 10.1. The van der Waals surface area contributed by atoms with E-state index in [0.717, 1.165) is 12.1 Å². The van der Waals surface area contributed by atoms with Gasteiger partial charge in [-0.2, -0.15) is 13.2 Å². The van der Waals surface area contributed by atoms with E-state index in [1.54, 1.807) is 6.92 Å². The number of esters is 1. The minimum atomic E-state index is -4.51. The first-order valence-electron chi connectivity index (χ1n) is 5.53. The molecule has 0 heterocycles. The predicted molar refractivity (Wildman–Crippen MR) is 64.6 cm³/mol. The number of carbonyl (C=O) groups excluding carboxylic acids is 1. The van der Waals surface area contributed by atoms with Crippen LogP contribution >= 0.6 is 11.6 Å². The standard InChI is InChI=1S/C12H13ClF3NO2/c1-2-19-11(18)6-10(17)7-3-8(12(14,15)16)5-9(13)4-7/h3-5,10H,2,6,17H2,1H3. The summed E-state index contributed by atoms with van der Waals surface area (Å²) in [5.74, 6) is -0.566. The SMILES string of the molecule is CCOC(=O)CC(N)c1cc(Cl)cc(C(F)(F)F)c1. The highest BCUT2D eigenvalue weighted by atomic mass is 35.5. The van der Waals surface area contributed by atoms with Gasteiger partial charge in [0.05, 0.1) is 18.6 Å². The molecule has 0 saturated heterocycles. The van der Waals surface area contributed by atoms with Crippen LogP contribution in [0.25, 0.3) is 0 Å². The van der Waals surface area contributed by atoms with Gasteiger partial charge < -0.3 is 10.5 Å². The molecule has 2 N–H and O–H groups in total. The predicted octanol–water partition coefficient (Wildman–Crippen LogP) is 3.31. The van der Waals surface area contributed by atoms with E-state index >= 15 is 0 Å². The maximum Gasteiger partial charge on any atom is 0.416 e. The van der Waals surface area contributed by atoms with E-state index in [1.165, 1.54) is 6.07 Å². The summed E-state index contributed by atoms with van der Waals surface area (Å²) in [6.07, 6.45) is -4.71. The van der Waals surface area contributed by atoms with Gasteiger partial charge in [0, 0.05) is 11.1 Å². The lowest BCUT2D eigenvalue weighted by Gasteiger charge is -2.14. The monoisotopic (exact) mass is 295 g/mol. The Morgan fingerprint density at radius 1 is 1.42 bits per heavy atom. The van der Waals surface area contributed by atoms with E-state index in [9.17, 15) is 18.0 Å². The Hall–Kier alpha value is -1.27. The van der Waals surface area contributed by atoms with Crippen LogP contribution in [0.15, 0.2) is 18.2 Å². The number of benzene rings is 1. The summed E-state index contributed by atoms with van der Waals surface area (Å²) in [5.41, 5.74) is 4.93. The molecule has 0 saturated carbocycles. The second kappa shape index (κ2) is 6.25. The number of rotatable bonds is 4. The van der Waals surface area contributed by atoms with Gasteiger partial charge in [0.1, 0.15) is 0 Å². The molecule has 0 spiro atoms. The van der Waals surface area contributed by atoms with Crippen LogP contribution < -0.4 is 5.73 Å².